The van der Waals surface area contributed by atoms with E-state index in [0.717, 1.165) is 11.2 Å². The maximum Gasteiger partial charge on any atom is 0.0705 e. The smallest absolute Gasteiger partial charge is 0.0705 e. The number of fused-ring (bicyclic) bond motifs is 1. The summed E-state index contributed by atoms with van der Waals surface area (Å²) in [5.74, 6) is 0. The molecule has 0 saturated carbocycles. The van der Waals surface area contributed by atoms with Gasteiger partial charge in [-0.05, 0) is 37.1 Å². The Morgan fingerprint density at radius 3 is 2.88 bits per heavy atom. The van der Waals surface area contributed by atoms with Crippen LogP contribution in [0.1, 0.15) is 37.4 Å². The van der Waals surface area contributed by atoms with Crippen molar-refractivity contribution < 1.29 is 0 Å². The molecule has 0 spiro atoms. The van der Waals surface area contributed by atoms with Crippen molar-refractivity contribution in [3.8, 4) is 0 Å². The summed E-state index contributed by atoms with van der Waals surface area (Å²) in [4.78, 5) is 4.50. The Hall–Kier alpha value is -1.63. The van der Waals surface area contributed by atoms with Gasteiger partial charge in [0.25, 0.3) is 0 Å². The average Bonchev–Trinajstić information content (AvgIpc) is 2.35. The van der Waals surface area contributed by atoms with Gasteiger partial charge in [-0.15, -0.1) is 0 Å². The molecule has 2 aromatic rings. The summed E-state index contributed by atoms with van der Waals surface area (Å²) in [5, 5.41) is 1.22. The number of unbranched alkanes of at least 4 members (excludes halogenated alkanes) is 2. The topological polar surface area (TPSA) is 12.9 Å². The van der Waals surface area contributed by atoms with Crippen LogP contribution in [0.4, 0.5) is 0 Å². The van der Waals surface area contributed by atoms with E-state index in [2.05, 4.69) is 54.4 Å². The van der Waals surface area contributed by atoms with Crippen LogP contribution in [0.15, 0.2) is 36.4 Å². The summed E-state index contributed by atoms with van der Waals surface area (Å²) in [5.41, 5.74) is 3.42. The van der Waals surface area contributed by atoms with Crippen molar-refractivity contribution in [2.45, 2.75) is 33.1 Å². The summed E-state index contributed by atoms with van der Waals surface area (Å²) in [6.45, 7) is 4.25. The highest BCUT2D eigenvalue weighted by Crippen LogP contribution is 2.16. The standard InChI is InChI=1S/C16H19N/c1-3-4-5-6-7-14-9-11-16-15(12-14)10-8-13(2)17-16/h6-12H,3-5H2,1-2H3/b7-6+. The molecule has 88 valence electrons. The lowest BCUT2D eigenvalue weighted by Gasteiger charge is -2.00. The highest BCUT2D eigenvalue weighted by Gasteiger charge is 1.95. The van der Waals surface area contributed by atoms with Crippen molar-refractivity contribution in [3.63, 3.8) is 0 Å². The fraction of sp³-hybridized carbons (Fsp3) is 0.312. The number of nitrogens with zero attached hydrogens (tertiary/aromatic N) is 1. The van der Waals surface area contributed by atoms with Gasteiger partial charge in [0.2, 0.25) is 0 Å². The molecule has 0 aliphatic heterocycles. The van der Waals surface area contributed by atoms with Gasteiger partial charge in [-0.2, -0.15) is 0 Å². The summed E-state index contributed by atoms with van der Waals surface area (Å²) >= 11 is 0. The van der Waals surface area contributed by atoms with E-state index < -0.39 is 0 Å². The Morgan fingerprint density at radius 2 is 2.06 bits per heavy atom. The number of rotatable bonds is 4. The number of aryl methyl sites for hydroxylation is 1. The predicted molar refractivity (Wildman–Crippen MR) is 75.0 cm³/mol. The second-order valence-corrected chi connectivity index (χ2v) is 4.45. The van der Waals surface area contributed by atoms with Crippen LogP contribution in [0.2, 0.25) is 0 Å². The minimum Gasteiger partial charge on any atom is -0.253 e. The SMILES string of the molecule is CCCC/C=C/c1ccc2nc(C)ccc2c1. The lowest BCUT2D eigenvalue weighted by molar-refractivity contribution is 0.816. The lowest BCUT2D eigenvalue weighted by atomic mass is 10.1. The molecule has 1 heteroatoms. The number of aromatic nitrogens is 1. The normalized spacial score (nSPS) is 11.4. The number of hydrogen-bond donors (Lipinski definition) is 0. The minimum absolute atomic E-state index is 1.07. The molecule has 1 aromatic carbocycles. The first-order chi connectivity index (χ1) is 8.29. The van der Waals surface area contributed by atoms with E-state index >= 15 is 0 Å². The molecule has 0 radical (unpaired) electrons. The van der Waals surface area contributed by atoms with E-state index in [1.807, 2.05) is 6.92 Å². The Morgan fingerprint density at radius 1 is 1.18 bits per heavy atom. The first kappa shape index (κ1) is 11.8. The van der Waals surface area contributed by atoms with E-state index in [9.17, 15) is 0 Å². The van der Waals surface area contributed by atoms with Crippen LogP contribution in [0.3, 0.4) is 0 Å². The summed E-state index contributed by atoms with van der Waals surface area (Å²) in [6, 6.07) is 10.6. The van der Waals surface area contributed by atoms with Gasteiger partial charge < -0.3 is 0 Å². The van der Waals surface area contributed by atoms with Crippen LogP contribution in [0.5, 0.6) is 0 Å². The fourth-order valence-electron chi connectivity index (χ4n) is 1.89. The first-order valence-corrected chi connectivity index (χ1v) is 6.33. The zero-order chi connectivity index (χ0) is 12.1. The molecule has 1 heterocycles. The Balaban J connectivity index is 2.20. The van der Waals surface area contributed by atoms with Gasteiger partial charge in [0.1, 0.15) is 0 Å². The molecule has 0 N–H and O–H groups in total. The van der Waals surface area contributed by atoms with Crippen molar-refractivity contribution in [2.24, 2.45) is 0 Å². The van der Waals surface area contributed by atoms with Crippen LogP contribution in [0, 0.1) is 6.92 Å². The van der Waals surface area contributed by atoms with Crippen molar-refractivity contribution in [1.82, 2.24) is 4.98 Å². The monoisotopic (exact) mass is 225 g/mol. The molecule has 2 rings (SSSR count). The molecule has 0 fully saturated rings. The Kier molecular flexibility index (Phi) is 3.92. The van der Waals surface area contributed by atoms with Gasteiger partial charge in [0.15, 0.2) is 0 Å². The maximum absolute atomic E-state index is 4.50. The number of pyridine rings is 1. The van der Waals surface area contributed by atoms with E-state index in [0.29, 0.717) is 0 Å². The third-order valence-corrected chi connectivity index (χ3v) is 2.89. The number of allylic oxidation sites excluding steroid dienone is 1. The highest BCUT2D eigenvalue weighted by molar-refractivity contribution is 5.81. The number of benzene rings is 1. The molecular weight excluding hydrogens is 206 g/mol. The van der Waals surface area contributed by atoms with E-state index in [1.54, 1.807) is 0 Å². The molecule has 0 saturated heterocycles. The predicted octanol–water partition coefficient (Wildman–Crippen LogP) is 4.75. The summed E-state index contributed by atoms with van der Waals surface area (Å²) < 4.78 is 0. The summed E-state index contributed by atoms with van der Waals surface area (Å²) in [7, 11) is 0. The zero-order valence-electron chi connectivity index (χ0n) is 10.6. The second kappa shape index (κ2) is 5.62. The first-order valence-electron chi connectivity index (χ1n) is 6.33. The van der Waals surface area contributed by atoms with Crippen molar-refractivity contribution in [2.75, 3.05) is 0 Å². The third kappa shape index (κ3) is 3.16. The molecule has 1 nitrogen and oxygen atoms in total. The third-order valence-electron chi connectivity index (χ3n) is 2.89. The van der Waals surface area contributed by atoms with E-state index in [1.165, 1.54) is 30.2 Å². The van der Waals surface area contributed by atoms with Crippen LogP contribution in [-0.4, -0.2) is 4.98 Å². The van der Waals surface area contributed by atoms with Crippen LogP contribution in [-0.2, 0) is 0 Å². The number of hydrogen-bond acceptors (Lipinski definition) is 1. The molecule has 0 unspecified atom stereocenters. The van der Waals surface area contributed by atoms with Crippen molar-refractivity contribution in [3.05, 3.63) is 47.7 Å². The van der Waals surface area contributed by atoms with Crippen molar-refractivity contribution in [1.29, 1.82) is 0 Å². The molecule has 0 atom stereocenters. The minimum atomic E-state index is 1.07. The fourth-order valence-corrected chi connectivity index (χ4v) is 1.89. The van der Waals surface area contributed by atoms with Crippen LogP contribution >= 0.6 is 0 Å². The van der Waals surface area contributed by atoms with E-state index in [-0.39, 0.29) is 0 Å². The molecule has 0 amide bonds. The van der Waals surface area contributed by atoms with Gasteiger partial charge in [-0.3, -0.25) is 4.98 Å². The van der Waals surface area contributed by atoms with Crippen molar-refractivity contribution >= 4 is 17.0 Å². The molecule has 0 aliphatic carbocycles. The lowest BCUT2D eigenvalue weighted by Crippen LogP contribution is -1.83. The average molecular weight is 225 g/mol. The highest BCUT2D eigenvalue weighted by atomic mass is 14.7. The van der Waals surface area contributed by atoms with Gasteiger partial charge in [0, 0.05) is 11.1 Å². The molecule has 0 aliphatic rings. The van der Waals surface area contributed by atoms with Crippen LogP contribution in [0.25, 0.3) is 17.0 Å². The molecule has 17 heavy (non-hydrogen) atoms. The molecule has 0 bridgehead atoms. The molecule has 1 aromatic heterocycles. The van der Waals surface area contributed by atoms with Gasteiger partial charge in [0.05, 0.1) is 5.52 Å². The molecular formula is C16H19N. The van der Waals surface area contributed by atoms with E-state index in [4.69, 9.17) is 0 Å². The van der Waals surface area contributed by atoms with Gasteiger partial charge in [-0.1, -0.05) is 44.1 Å². The quantitative estimate of drug-likeness (QED) is 0.684. The van der Waals surface area contributed by atoms with Crippen LogP contribution < -0.4 is 0 Å². The second-order valence-electron chi connectivity index (χ2n) is 4.45. The Labute approximate surface area is 103 Å². The summed E-state index contributed by atoms with van der Waals surface area (Å²) in [6.07, 6.45) is 8.15. The zero-order valence-corrected chi connectivity index (χ0v) is 10.6. The van der Waals surface area contributed by atoms with Gasteiger partial charge in [-0.25, -0.2) is 0 Å². The largest absolute Gasteiger partial charge is 0.253 e. The maximum atomic E-state index is 4.50. The Bertz CT molecular complexity index is 526. The van der Waals surface area contributed by atoms with Gasteiger partial charge >= 0.3 is 0 Å².